The van der Waals surface area contributed by atoms with Crippen LogP contribution in [-0.4, -0.2) is 55.0 Å². The fraction of sp³-hybridized carbons (Fsp3) is 0.265. The van der Waals surface area contributed by atoms with E-state index in [2.05, 4.69) is 4.90 Å². The number of anilines is 1. The van der Waals surface area contributed by atoms with Crippen molar-refractivity contribution < 1.29 is 28.3 Å². The molecule has 5 rings (SSSR count). The molecule has 216 valence electrons. The number of benzene rings is 3. The summed E-state index contributed by atoms with van der Waals surface area (Å²) in [4.78, 5) is 44.4. The first kappa shape index (κ1) is 28.8. The van der Waals surface area contributed by atoms with Gasteiger partial charge < -0.3 is 18.8 Å². The predicted octanol–water partition coefficient (Wildman–Crippen LogP) is 5.46. The number of hydrogen-bond acceptors (Lipinski definition) is 7. The lowest BCUT2D eigenvalue weighted by Gasteiger charge is -2.46. The Balaban J connectivity index is 1.38. The van der Waals surface area contributed by atoms with E-state index in [1.54, 1.807) is 24.3 Å². The average molecular weight is 567 g/mol. The standard InChI is InChI=1S/C34H34N2O6/c1-40-33(39)34(36(28-16-9-4-10-17-28)31(37)30-18-11-23-41-30)19-21-35(22-20-34)24-29(27-14-7-3-8-15-27)32(38)42-25-26-12-5-2-6-13-26/h2-18,23,29H,19-22,24-25H2,1H3. The highest BCUT2D eigenvalue weighted by molar-refractivity contribution is 6.09. The molecule has 1 aromatic heterocycles. The van der Waals surface area contributed by atoms with E-state index in [1.165, 1.54) is 18.3 Å². The smallest absolute Gasteiger partial charge is 0.332 e. The first-order chi connectivity index (χ1) is 20.5. The van der Waals surface area contributed by atoms with Crippen LogP contribution in [0.25, 0.3) is 0 Å². The molecule has 4 aromatic rings. The molecular weight excluding hydrogens is 532 g/mol. The quantitative estimate of drug-likeness (QED) is 0.236. The molecule has 2 heterocycles. The minimum atomic E-state index is -1.26. The van der Waals surface area contributed by atoms with E-state index < -0.39 is 23.3 Å². The van der Waals surface area contributed by atoms with E-state index in [-0.39, 0.29) is 18.3 Å². The SMILES string of the molecule is COC(=O)C1(N(C(=O)c2ccco2)c2ccccc2)CCN(CC(C(=O)OCc2ccccc2)c2ccccc2)CC1. The van der Waals surface area contributed by atoms with Crippen molar-refractivity contribution in [2.45, 2.75) is 30.9 Å². The molecule has 1 saturated heterocycles. The molecule has 0 radical (unpaired) electrons. The average Bonchev–Trinajstić information content (AvgIpc) is 3.60. The van der Waals surface area contributed by atoms with Crippen LogP contribution in [0.5, 0.6) is 0 Å². The number of methoxy groups -OCH3 is 1. The third-order valence-electron chi connectivity index (χ3n) is 7.78. The van der Waals surface area contributed by atoms with E-state index >= 15 is 0 Å². The van der Waals surface area contributed by atoms with Crippen LogP contribution < -0.4 is 4.90 Å². The third kappa shape index (κ3) is 6.29. The van der Waals surface area contributed by atoms with Crippen molar-refractivity contribution >= 4 is 23.5 Å². The van der Waals surface area contributed by atoms with Gasteiger partial charge in [0.15, 0.2) is 5.76 Å². The largest absolute Gasteiger partial charge is 0.467 e. The number of carbonyl (C=O) groups excluding carboxylic acids is 3. The van der Waals surface area contributed by atoms with Gasteiger partial charge in [-0.1, -0.05) is 78.9 Å². The highest BCUT2D eigenvalue weighted by Gasteiger charge is 2.51. The van der Waals surface area contributed by atoms with Gasteiger partial charge in [-0.05, 0) is 48.2 Å². The van der Waals surface area contributed by atoms with Crippen molar-refractivity contribution in [3.63, 3.8) is 0 Å². The number of rotatable bonds is 10. The van der Waals surface area contributed by atoms with Crippen molar-refractivity contribution in [2.24, 2.45) is 0 Å². The van der Waals surface area contributed by atoms with Gasteiger partial charge in [0.25, 0.3) is 5.91 Å². The van der Waals surface area contributed by atoms with Gasteiger partial charge in [0, 0.05) is 25.3 Å². The third-order valence-corrected chi connectivity index (χ3v) is 7.78. The van der Waals surface area contributed by atoms with Crippen LogP contribution in [0.15, 0.2) is 114 Å². The number of likely N-dealkylation sites (tertiary alicyclic amines) is 1. The van der Waals surface area contributed by atoms with Crippen molar-refractivity contribution in [3.05, 3.63) is 126 Å². The van der Waals surface area contributed by atoms with E-state index in [4.69, 9.17) is 13.9 Å². The normalized spacial score (nSPS) is 15.4. The van der Waals surface area contributed by atoms with Gasteiger partial charge in [0.2, 0.25) is 0 Å². The zero-order valence-electron chi connectivity index (χ0n) is 23.6. The molecule has 0 saturated carbocycles. The van der Waals surface area contributed by atoms with Gasteiger partial charge >= 0.3 is 11.9 Å². The summed E-state index contributed by atoms with van der Waals surface area (Å²) >= 11 is 0. The summed E-state index contributed by atoms with van der Waals surface area (Å²) in [5.74, 6) is -1.61. The number of piperidine rings is 1. The summed E-state index contributed by atoms with van der Waals surface area (Å²) in [6.45, 7) is 1.51. The molecule has 1 atom stereocenters. The molecule has 1 unspecified atom stereocenters. The number of hydrogen-bond donors (Lipinski definition) is 0. The van der Waals surface area contributed by atoms with Crippen LogP contribution in [0.2, 0.25) is 0 Å². The first-order valence-corrected chi connectivity index (χ1v) is 14.0. The maximum atomic E-state index is 13.8. The molecule has 8 heteroatoms. The Kier molecular flexibility index (Phi) is 9.14. The lowest BCUT2D eigenvalue weighted by Crippen LogP contribution is -2.63. The first-order valence-electron chi connectivity index (χ1n) is 14.0. The summed E-state index contributed by atoms with van der Waals surface area (Å²) in [7, 11) is 1.34. The van der Waals surface area contributed by atoms with Crippen LogP contribution in [0, 0.1) is 0 Å². The van der Waals surface area contributed by atoms with Crippen molar-refractivity contribution in [2.75, 3.05) is 31.6 Å². The van der Waals surface area contributed by atoms with Gasteiger partial charge in [-0.2, -0.15) is 0 Å². The second-order valence-electron chi connectivity index (χ2n) is 10.3. The molecule has 8 nitrogen and oxygen atoms in total. The Morgan fingerprint density at radius 2 is 1.48 bits per heavy atom. The molecule has 0 bridgehead atoms. The molecular formula is C34H34N2O6. The van der Waals surface area contributed by atoms with Crippen LogP contribution in [-0.2, 0) is 25.7 Å². The minimum absolute atomic E-state index is 0.134. The second-order valence-corrected chi connectivity index (χ2v) is 10.3. The number of esters is 2. The molecule has 1 fully saturated rings. The molecule has 0 spiro atoms. The molecule has 0 N–H and O–H groups in total. The zero-order valence-corrected chi connectivity index (χ0v) is 23.6. The summed E-state index contributed by atoms with van der Waals surface area (Å²) in [6, 6.07) is 31.5. The van der Waals surface area contributed by atoms with Crippen molar-refractivity contribution in [1.82, 2.24) is 4.90 Å². The Hall–Kier alpha value is -4.69. The van der Waals surface area contributed by atoms with Crippen LogP contribution in [0.1, 0.15) is 40.4 Å². The maximum Gasteiger partial charge on any atom is 0.332 e. The molecule has 3 aromatic carbocycles. The minimum Gasteiger partial charge on any atom is -0.467 e. The van der Waals surface area contributed by atoms with Crippen LogP contribution in [0.4, 0.5) is 5.69 Å². The van der Waals surface area contributed by atoms with Gasteiger partial charge in [0.05, 0.1) is 19.3 Å². The Morgan fingerprint density at radius 3 is 2.07 bits per heavy atom. The van der Waals surface area contributed by atoms with E-state index in [0.717, 1.165) is 11.1 Å². The lowest BCUT2D eigenvalue weighted by molar-refractivity contribution is -0.150. The van der Waals surface area contributed by atoms with Gasteiger partial charge in [-0.3, -0.25) is 14.5 Å². The van der Waals surface area contributed by atoms with E-state index in [0.29, 0.717) is 38.2 Å². The highest BCUT2D eigenvalue weighted by Crippen LogP contribution is 2.37. The molecule has 42 heavy (non-hydrogen) atoms. The van der Waals surface area contributed by atoms with Gasteiger partial charge in [-0.15, -0.1) is 0 Å². The summed E-state index contributed by atoms with van der Waals surface area (Å²) in [6.07, 6.45) is 2.05. The molecule has 0 aliphatic carbocycles. The highest BCUT2D eigenvalue weighted by atomic mass is 16.5. The second kappa shape index (κ2) is 13.3. The lowest BCUT2D eigenvalue weighted by atomic mass is 9.84. The predicted molar refractivity (Wildman–Crippen MR) is 158 cm³/mol. The number of carbonyl (C=O) groups is 3. The fourth-order valence-electron chi connectivity index (χ4n) is 5.55. The van der Waals surface area contributed by atoms with Gasteiger partial charge in [0.1, 0.15) is 12.1 Å². The Morgan fingerprint density at radius 1 is 0.857 bits per heavy atom. The fourth-order valence-corrected chi connectivity index (χ4v) is 5.55. The monoisotopic (exact) mass is 566 g/mol. The van der Waals surface area contributed by atoms with Crippen molar-refractivity contribution in [3.8, 4) is 0 Å². The zero-order chi connectivity index (χ0) is 29.4. The van der Waals surface area contributed by atoms with Crippen LogP contribution >= 0.6 is 0 Å². The molecule has 1 aliphatic rings. The summed E-state index contributed by atoms with van der Waals surface area (Å²) in [5.41, 5.74) is 1.09. The topological polar surface area (TPSA) is 89.3 Å². The molecule has 1 amide bonds. The summed E-state index contributed by atoms with van der Waals surface area (Å²) in [5, 5.41) is 0. The number of nitrogens with zero attached hydrogens (tertiary/aromatic N) is 2. The Labute approximate surface area is 245 Å². The number of ether oxygens (including phenoxy) is 2. The number of furan rings is 1. The van der Waals surface area contributed by atoms with E-state index in [9.17, 15) is 14.4 Å². The van der Waals surface area contributed by atoms with Crippen LogP contribution in [0.3, 0.4) is 0 Å². The maximum absolute atomic E-state index is 13.8. The number of amides is 1. The summed E-state index contributed by atoms with van der Waals surface area (Å²) < 4.78 is 16.5. The van der Waals surface area contributed by atoms with Gasteiger partial charge in [-0.25, -0.2) is 4.79 Å². The van der Waals surface area contributed by atoms with E-state index in [1.807, 2.05) is 78.9 Å². The number of para-hydroxylation sites is 1. The molecule has 1 aliphatic heterocycles. The Bertz CT molecular complexity index is 1450. The van der Waals surface area contributed by atoms with Crippen molar-refractivity contribution in [1.29, 1.82) is 0 Å².